The number of hydrogen-bond acceptors (Lipinski definition) is 3. The maximum absolute atomic E-state index is 13.5. The molecule has 4 nitrogen and oxygen atoms in total. The molecular formula is C13H16ClFN2O2. The molecule has 104 valence electrons. The summed E-state index contributed by atoms with van der Waals surface area (Å²) in [5.41, 5.74) is 0.118. The van der Waals surface area contributed by atoms with E-state index in [2.05, 4.69) is 5.32 Å². The summed E-state index contributed by atoms with van der Waals surface area (Å²) in [7, 11) is 0. The van der Waals surface area contributed by atoms with Crippen molar-refractivity contribution in [3.8, 4) is 0 Å². The summed E-state index contributed by atoms with van der Waals surface area (Å²) in [5.74, 6) is -0.852. The first kappa shape index (κ1) is 14.2. The number of halogens is 2. The van der Waals surface area contributed by atoms with E-state index in [1.165, 1.54) is 12.1 Å². The van der Waals surface area contributed by atoms with Gasteiger partial charge in [-0.25, -0.2) is 4.39 Å². The summed E-state index contributed by atoms with van der Waals surface area (Å²) in [6, 6.07) is 4.10. The monoisotopic (exact) mass is 286 g/mol. The van der Waals surface area contributed by atoms with Crippen molar-refractivity contribution in [2.24, 2.45) is 0 Å². The van der Waals surface area contributed by atoms with Crippen LogP contribution in [0.1, 0.15) is 12.8 Å². The first-order chi connectivity index (χ1) is 9.04. The van der Waals surface area contributed by atoms with Crippen LogP contribution in [-0.4, -0.2) is 41.7 Å². The van der Waals surface area contributed by atoms with E-state index < -0.39 is 5.82 Å². The molecule has 0 aromatic heterocycles. The van der Waals surface area contributed by atoms with Gasteiger partial charge in [0.05, 0.1) is 18.3 Å². The Morgan fingerprint density at radius 3 is 3.05 bits per heavy atom. The fraction of sp³-hybridized carbons (Fsp3) is 0.462. The van der Waals surface area contributed by atoms with Crippen LogP contribution in [0.3, 0.4) is 0 Å². The number of carbonyl (C=O) groups excluding carboxylic acids is 1. The van der Waals surface area contributed by atoms with Gasteiger partial charge < -0.3 is 10.4 Å². The van der Waals surface area contributed by atoms with Gasteiger partial charge in [-0.15, -0.1) is 0 Å². The number of nitrogens with zero attached hydrogens (tertiary/aromatic N) is 1. The largest absolute Gasteiger partial charge is 0.392 e. The number of rotatable bonds is 3. The molecule has 1 aromatic carbocycles. The van der Waals surface area contributed by atoms with Crippen molar-refractivity contribution in [2.45, 2.75) is 18.9 Å². The average Bonchev–Trinajstić information content (AvgIpc) is 2.33. The zero-order valence-electron chi connectivity index (χ0n) is 10.4. The van der Waals surface area contributed by atoms with Crippen molar-refractivity contribution in [3.05, 3.63) is 29.0 Å². The van der Waals surface area contributed by atoms with Crippen molar-refractivity contribution in [2.75, 3.05) is 25.0 Å². The van der Waals surface area contributed by atoms with Crippen LogP contribution in [0.4, 0.5) is 10.1 Å². The molecule has 0 unspecified atom stereocenters. The molecule has 0 bridgehead atoms. The Bertz CT molecular complexity index is 470. The van der Waals surface area contributed by atoms with Gasteiger partial charge in [-0.2, -0.15) is 0 Å². The van der Waals surface area contributed by atoms with Gasteiger partial charge in [-0.05, 0) is 37.6 Å². The molecule has 1 fully saturated rings. The molecule has 1 aliphatic rings. The zero-order valence-corrected chi connectivity index (χ0v) is 11.2. The lowest BCUT2D eigenvalue weighted by atomic mass is 10.1. The lowest BCUT2D eigenvalue weighted by Gasteiger charge is -2.29. The SMILES string of the molecule is O=C(CN1CCC[C@H](O)C1)Nc1ccc(Cl)cc1F. The third-order valence-corrected chi connectivity index (χ3v) is 3.29. The molecule has 1 aliphatic heterocycles. The molecule has 1 saturated heterocycles. The van der Waals surface area contributed by atoms with Crippen molar-refractivity contribution >= 4 is 23.2 Å². The predicted octanol–water partition coefficient (Wildman–Crippen LogP) is 1.87. The summed E-state index contributed by atoms with van der Waals surface area (Å²) in [4.78, 5) is 13.6. The van der Waals surface area contributed by atoms with Gasteiger partial charge in [-0.1, -0.05) is 11.6 Å². The number of likely N-dealkylation sites (tertiary alicyclic amines) is 1. The Kier molecular flexibility index (Phi) is 4.74. The Morgan fingerprint density at radius 1 is 1.58 bits per heavy atom. The summed E-state index contributed by atoms with van der Waals surface area (Å²) >= 11 is 5.64. The van der Waals surface area contributed by atoms with Crippen LogP contribution >= 0.6 is 11.6 Å². The van der Waals surface area contributed by atoms with Gasteiger partial charge in [0.25, 0.3) is 0 Å². The average molecular weight is 287 g/mol. The minimum absolute atomic E-state index is 0.118. The molecule has 1 aromatic rings. The second-order valence-corrected chi connectivity index (χ2v) is 5.14. The second kappa shape index (κ2) is 6.32. The van der Waals surface area contributed by atoms with Gasteiger partial charge >= 0.3 is 0 Å². The summed E-state index contributed by atoms with van der Waals surface area (Å²) in [6.45, 7) is 1.41. The Hall–Kier alpha value is -1.17. The lowest BCUT2D eigenvalue weighted by Crippen LogP contribution is -2.42. The molecule has 0 saturated carbocycles. The number of piperidine rings is 1. The number of benzene rings is 1. The van der Waals surface area contributed by atoms with Gasteiger partial charge in [0.1, 0.15) is 5.82 Å². The minimum Gasteiger partial charge on any atom is -0.392 e. The highest BCUT2D eigenvalue weighted by molar-refractivity contribution is 6.30. The summed E-state index contributed by atoms with van der Waals surface area (Å²) < 4.78 is 13.5. The predicted molar refractivity (Wildman–Crippen MR) is 71.7 cm³/mol. The number of aliphatic hydroxyl groups excluding tert-OH is 1. The highest BCUT2D eigenvalue weighted by Crippen LogP contribution is 2.19. The second-order valence-electron chi connectivity index (χ2n) is 4.70. The van der Waals surface area contributed by atoms with E-state index in [0.717, 1.165) is 25.5 Å². The van der Waals surface area contributed by atoms with Crippen LogP contribution < -0.4 is 5.32 Å². The zero-order chi connectivity index (χ0) is 13.8. The Morgan fingerprint density at radius 2 is 2.37 bits per heavy atom. The van der Waals surface area contributed by atoms with Crippen molar-refractivity contribution in [3.63, 3.8) is 0 Å². The number of nitrogens with one attached hydrogen (secondary N) is 1. The minimum atomic E-state index is -0.556. The molecule has 0 spiro atoms. The van der Waals surface area contributed by atoms with Crippen molar-refractivity contribution in [1.82, 2.24) is 4.90 Å². The van der Waals surface area contributed by atoms with E-state index in [9.17, 15) is 14.3 Å². The number of hydrogen-bond donors (Lipinski definition) is 2. The number of carbonyl (C=O) groups is 1. The van der Waals surface area contributed by atoms with Crippen LogP contribution in [0.25, 0.3) is 0 Å². The van der Waals surface area contributed by atoms with Gasteiger partial charge in [-0.3, -0.25) is 9.69 Å². The van der Waals surface area contributed by atoms with Crippen LogP contribution in [0.5, 0.6) is 0 Å². The first-order valence-electron chi connectivity index (χ1n) is 6.20. The van der Waals surface area contributed by atoms with Gasteiger partial charge in [0.15, 0.2) is 0 Å². The fourth-order valence-corrected chi connectivity index (χ4v) is 2.32. The molecule has 19 heavy (non-hydrogen) atoms. The van der Waals surface area contributed by atoms with Crippen LogP contribution in [-0.2, 0) is 4.79 Å². The molecule has 1 amide bonds. The molecule has 2 N–H and O–H groups in total. The van der Waals surface area contributed by atoms with E-state index in [1.54, 1.807) is 0 Å². The molecule has 2 rings (SSSR count). The normalized spacial score (nSPS) is 20.3. The van der Waals surface area contributed by atoms with E-state index in [-0.39, 0.29) is 29.3 Å². The summed E-state index contributed by atoms with van der Waals surface area (Å²) in [6.07, 6.45) is 1.25. The third-order valence-electron chi connectivity index (χ3n) is 3.05. The first-order valence-corrected chi connectivity index (χ1v) is 6.58. The van der Waals surface area contributed by atoms with Crippen LogP contribution in [0.15, 0.2) is 18.2 Å². The number of amides is 1. The topological polar surface area (TPSA) is 52.6 Å². The van der Waals surface area contributed by atoms with Crippen LogP contribution in [0.2, 0.25) is 5.02 Å². The smallest absolute Gasteiger partial charge is 0.238 e. The van der Waals surface area contributed by atoms with Crippen molar-refractivity contribution in [1.29, 1.82) is 0 Å². The maximum atomic E-state index is 13.5. The van der Waals surface area contributed by atoms with E-state index in [0.29, 0.717) is 6.54 Å². The van der Waals surface area contributed by atoms with E-state index in [1.807, 2.05) is 4.90 Å². The maximum Gasteiger partial charge on any atom is 0.238 e. The standard InChI is InChI=1S/C13H16ClFN2O2/c14-9-3-4-12(11(15)6-9)16-13(19)8-17-5-1-2-10(18)7-17/h3-4,6,10,18H,1-2,5,7-8H2,(H,16,19)/t10-/m0/s1. The number of β-amino-alcohol motifs (C(OH)–C–C–N with tert-alkyl or cyclic N) is 1. The summed E-state index contributed by atoms with van der Waals surface area (Å²) in [5, 5.41) is 12.3. The van der Waals surface area contributed by atoms with E-state index >= 15 is 0 Å². The Balaban J connectivity index is 1.90. The van der Waals surface area contributed by atoms with E-state index in [4.69, 9.17) is 11.6 Å². The third kappa shape index (κ3) is 4.16. The molecule has 0 radical (unpaired) electrons. The number of aliphatic hydroxyl groups is 1. The highest BCUT2D eigenvalue weighted by Gasteiger charge is 2.20. The highest BCUT2D eigenvalue weighted by atomic mass is 35.5. The molecule has 1 atom stereocenters. The number of anilines is 1. The molecule has 6 heteroatoms. The molecule has 1 heterocycles. The van der Waals surface area contributed by atoms with Crippen LogP contribution in [0, 0.1) is 5.82 Å². The van der Waals surface area contributed by atoms with Crippen molar-refractivity contribution < 1.29 is 14.3 Å². The quantitative estimate of drug-likeness (QED) is 0.892. The Labute approximate surface area is 116 Å². The molecular weight excluding hydrogens is 271 g/mol. The van der Waals surface area contributed by atoms with Gasteiger partial charge in [0.2, 0.25) is 5.91 Å². The fourth-order valence-electron chi connectivity index (χ4n) is 2.16. The lowest BCUT2D eigenvalue weighted by molar-refractivity contribution is -0.118. The molecule has 0 aliphatic carbocycles. The van der Waals surface area contributed by atoms with Gasteiger partial charge in [0, 0.05) is 11.6 Å².